The van der Waals surface area contributed by atoms with Crippen LogP contribution >= 0.6 is 0 Å². The number of aromatic nitrogens is 5. The van der Waals surface area contributed by atoms with Crippen LogP contribution in [0.3, 0.4) is 0 Å². The molecule has 0 N–H and O–H groups in total. The third-order valence-corrected chi connectivity index (χ3v) is 5.20. The summed E-state index contributed by atoms with van der Waals surface area (Å²) in [5.41, 5.74) is 1.54. The third-order valence-electron chi connectivity index (χ3n) is 5.20. The lowest BCUT2D eigenvalue weighted by molar-refractivity contribution is 0.105. The fraction of sp³-hybridized carbons (Fsp3) is 0.421. The molecule has 6 nitrogen and oxygen atoms in total. The summed E-state index contributed by atoms with van der Waals surface area (Å²) in [4.78, 5) is 4.74. The number of halogens is 1. The van der Waals surface area contributed by atoms with Crippen LogP contribution in [0.25, 0.3) is 17.2 Å². The van der Waals surface area contributed by atoms with Crippen molar-refractivity contribution in [1.82, 2.24) is 24.5 Å². The predicted molar refractivity (Wildman–Crippen MR) is 93.4 cm³/mol. The second-order valence-corrected chi connectivity index (χ2v) is 6.95. The highest BCUT2D eigenvalue weighted by Crippen LogP contribution is 2.33. The molecule has 1 unspecified atom stereocenters. The SMILES string of the molecule is Fc1ccc(-n2nc(C3CCCO3)nc2-c2ccn(C3CCC3)n2)cc1. The molecule has 2 aliphatic rings. The Morgan fingerprint density at radius 1 is 1.00 bits per heavy atom. The standard InChI is InChI=1S/C19H20FN5O/c20-13-6-8-15(9-7-13)25-19(21-18(23-25)17-5-2-12-26-17)16-10-11-24(22-16)14-3-1-4-14/h6-11,14,17H,1-5,12H2. The molecule has 1 aliphatic heterocycles. The monoisotopic (exact) mass is 353 g/mol. The molecule has 0 spiro atoms. The molecule has 0 radical (unpaired) electrons. The van der Waals surface area contributed by atoms with Crippen molar-refractivity contribution in [2.24, 2.45) is 0 Å². The normalized spacial score (nSPS) is 20.4. The van der Waals surface area contributed by atoms with Gasteiger partial charge < -0.3 is 4.74 Å². The summed E-state index contributed by atoms with van der Waals surface area (Å²) in [5.74, 6) is 1.06. The first kappa shape index (κ1) is 15.7. The van der Waals surface area contributed by atoms with Crippen LogP contribution in [0.15, 0.2) is 36.5 Å². The van der Waals surface area contributed by atoms with E-state index < -0.39 is 0 Å². The first-order valence-corrected chi connectivity index (χ1v) is 9.18. The topological polar surface area (TPSA) is 57.8 Å². The van der Waals surface area contributed by atoms with Gasteiger partial charge in [-0.25, -0.2) is 14.1 Å². The van der Waals surface area contributed by atoms with Crippen molar-refractivity contribution < 1.29 is 9.13 Å². The van der Waals surface area contributed by atoms with Gasteiger partial charge in [0.25, 0.3) is 0 Å². The van der Waals surface area contributed by atoms with Gasteiger partial charge >= 0.3 is 0 Å². The second-order valence-electron chi connectivity index (χ2n) is 6.95. The summed E-state index contributed by atoms with van der Waals surface area (Å²) in [6.45, 7) is 0.737. The van der Waals surface area contributed by atoms with E-state index in [2.05, 4.69) is 5.10 Å². The van der Waals surface area contributed by atoms with Crippen molar-refractivity contribution in [3.05, 3.63) is 48.2 Å². The van der Waals surface area contributed by atoms with E-state index >= 15 is 0 Å². The molecule has 1 atom stereocenters. The fourth-order valence-corrected chi connectivity index (χ4v) is 3.49. The van der Waals surface area contributed by atoms with Gasteiger partial charge in [-0.05, 0) is 62.4 Å². The molecule has 1 aliphatic carbocycles. The van der Waals surface area contributed by atoms with Crippen molar-refractivity contribution in [2.75, 3.05) is 6.61 Å². The van der Waals surface area contributed by atoms with Gasteiger partial charge in [0.2, 0.25) is 0 Å². The molecule has 1 aromatic carbocycles. The molecule has 3 aromatic rings. The summed E-state index contributed by atoms with van der Waals surface area (Å²) < 4.78 is 22.8. The van der Waals surface area contributed by atoms with E-state index in [9.17, 15) is 4.39 Å². The Balaban J connectivity index is 1.57. The quantitative estimate of drug-likeness (QED) is 0.715. The van der Waals surface area contributed by atoms with Crippen LogP contribution in [-0.2, 0) is 4.74 Å². The van der Waals surface area contributed by atoms with Crippen molar-refractivity contribution in [3.63, 3.8) is 0 Å². The Kier molecular flexibility index (Phi) is 3.81. The molecular weight excluding hydrogens is 333 g/mol. The number of ether oxygens (including phenoxy) is 1. The Hall–Kier alpha value is -2.54. The Morgan fingerprint density at radius 3 is 2.54 bits per heavy atom. The van der Waals surface area contributed by atoms with Crippen molar-refractivity contribution in [1.29, 1.82) is 0 Å². The number of benzene rings is 1. The molecule has 26 heavy (non-hydrogen) atoms. The summed E-state index contributed by atoms with van der Waals surface area (Å²) >= 11 is 0. The largest absolute Gasteiger partial charge is 0.370 e. The predicted octanol–water partition coefficient (Wildman–Crippen LogP) is 3.85. The fourth-order valence-electron chi connectivity index (χ4n) is 3.49. The second kappa shape index (κ2) is 6.32. The molecule has 1 saturated carbocycles. The highest BCUT2D eigenvalue weighted by molar-refractivity contribution is 5.53. The van der Waals surface area contributed by atoms with Crippen LogP contribution < -0.4 is 0 Å². The zero-order chi connectivity index (χ0) is 17.5. The van der Waals surface area contributed by atoms with E-state index in [4.69, 9.17) is 14.8 Å². The molecule has 2 fully saturated rings. The van der Waals surface area contributed by atoms with Crippen LogP contribution in [0.2, 0.25) is 0 Å². The average Bonchev–Trinajstić information content (AvgIpc) is 3.34. The maximum absolute atomic E-state index is 13.3. The molecule has 1 saturated heterocycles. The minimum Gasteiger partial charge on any atom is -0.370 e. The number of hydrogen-bond acceptors (Lipinski definition) is 4. The zero-order valence-corrected chi connectivity index (χ0v) is 14.4. The van der Waals surface area contributed by atoms with Crippen LogP contribution in [0.4, 0.5) is 4.39 Å². The van der Waals surface area contributed by atoms with Gasteiger partial charge in [-0.3, -0.25) is 4.68 Å². The first-order chi connectivity index (χ1) is 12.8. The minimum absolute atomic E-state index is 0.0795. The van der Waals surface area contributed by atoms with Gasteiger partial charge in [0.1, 0.15) is 17.6 Å². The summed E-state index contributed by atoms with van der Waals surface area (Å²) in [6.07, 6.45) is 7.47. The maximum atomic E-state index is 13.3. The molecule has 7 heteroatoms. The Bertz CT molecular complexity index is 906. The van der Waals surface area contributed by atoms with Crippen molar-refractivity contribution in [3.8, 4) is 17.2 Å². The molecule has 5 rings (SSSR count). The van der Waals surface area contributed by atoms with E-state index in [1.807, 2.05) is 16.9 Å². The van der Waals surface area contributed by atoms with E-state index in [1.165, 1.54) is 31.4 Å². The van der Waals surface area contributed by atoms with Crippen LogP contribution in [0.1, 0.15) is 50.1 Å². The van der Waals surface area contributed by atoms with Gasteiger partial charge in [-0.1, -0.05) is 0 Å². The van der Waals surface area contributed by atoms with E-state index in [-0.39, 0.29) is 11.9 Å². The lowest BCUT2D eigenvalue weighted by Gasteiger charge is -2.25. The van der Waals surface area contributed by atoms with E-state index in [0.29, 0.717) is 17.7 Å². The van der Waals surface area contributed by atoms with Gasteiger partial charge in [0.05, 0.1) is 11.7 Å². The minimum atomic E-state index is -0.274. The Labute approximate surface area is 150 Å². The first-order valence-electron chi connectivity index (χ1n) is 9.18. The van der Waals surface area contributed by atoms with Gasteiger partial charge in [0, 0.05) is 12.8 Å². The molecule has 3 heterocycles. The van der Waals surface area contributed by atoms with Crippen LogP contribution in [0.5, 0.6) is 0 Å². The van der Waals surface area contributed by atoms with Gasteiger partial charge in [-0.15, -0.1) is 5.10 Å². The summed E-state index contributed by atoms with van der Waals surface area (Å²) in [5, 5.41) is 9.39. The molecular formula is C19H20FN5O. The maximum Gasteiger partial charge on any atom is 0.183 e. The highest BCUT2D eigenvalue weighted by atomic mass is 19.1. The summed E-state index contributed by atoms with van der Waals surface area (Å²) in [7, 11) is 0. The molecule has 0 bridgehead atoms. The third kappa shape index (κ3) is 2.72. The lowest BCUT2D eigenvalue weighted by atomic mass is 9.93. The van der Waals surface area contributed by atoms with E-state index in [0.717, 1.165) is 30.8 Å². The zero-order valence-electron chi connectivity index (χ0n) is 14.4. The molecule has 0 amide bonds. The van der Waals surface area contributed by atoms with E-state index in [1.54, 1.807) is 16.8 Å². The number of nitrogens with zero attached hydrogens (tertiary/aromatic N) is 5. The lowest BCUT2D eigenvalue weighted by Crippen LogP contribution is -2.17. The smallest absolute Gasteiger partial charge is 0.183 e. The number of hydrogen-bond donors (Lipinski definition) is 0. The highest BCUT2D eigenvalue weighted by Gasteiger charge is 2.26. The molecule has 2 aromatic heterocycles. The molecule has 134 valence electrons. The van der Waals surface area contributed by atoms with Gasteiger partial charge in [0.15, 0.2) is 11.6 Å². The Morgan fingerprint density at radius 2 is 1.85 bits per heavy atom. The number of rotatable bonds is 4. The summed E-state index contributed by atoms with van der Waals surface area (Å²) in [6, 6.07) is 8.73. The van der Waals surface area contributed by atoms with Crippen LogP contribution in [0, 0.1) is 5.82 Å². The van der Waals surface area contributed by atoms with Crippen molar-refractivity contribution >= 4 is 0 Å². The average molecular weight is 353 g/mol. The van der Waals surface area contributed by atoms with Crippen LogP contribution in [-0.4, -0.2) is 31.2 Å². The van der Waals surface area contributed by atoms with Crippen molar-refractivity contribution in [2.45, 2.75) is 44.2 Å². The van der Waals surface area contributed by atoms with Gasteiger partial charge in [-0.2, -0.15) is 5.10 Å².